The lowest BCUT2D eigenvalue weighted by Crippen LogP contribution is -2.12. The summed E-state index contributed by atoms with van der Waals surface area (Å²) in [7, 11) is 1.41. The molecule has 1 fully saturated rings. The summed E-state index contributed by atoms with van der Waals surface area (Å²) in [6.07, 6.45) is 2.55. The van der Waals surface area contributed by atoms with Gasteiger partial charge in [0.05, 0.1) is 18.5 Å². The van der Waals surface area contributed by atoms with Crippen LogP contribution in [0.4, 0.5) is 5.69 Å². The molecule has 1 saturated carbocycles. The van der Waals surface area contributed by atoms with E-state index in [2.05, 4.69) is 0 Å². The molecule has 2 rings (SSSR count). The first-order valence-electron chi connectivity index (χ1n) is 6.40. The number of nitro groups is 1. The minimum Gasteiger partial charge on any atom is -0.469 e. The first kappa shape index (κ1) is 14.8. The topological polar surface area (TPSA) is 69.4 Å². The van der Waals surface area contributed by atoms with Gasteiger partial charge >= 0.3 is 5.97 Å². The summed E-state index contributed by atoms with van der Waals surface area (Å²) in [5.41, 5.74) is 0.871. The Hall–Kier alpha value is -1.56. The largest absolute Gasteiger partial charge is 0.469 e. The molecule has 108 valence electrons. The summed E-state index contributed by atoms with van der Waals surface area (Å²) in [5, 5.41) is 10.8. The molecule has 0 spiro atoms. The summed E-state index contributed by atoms with van der Waals surface area (Å²) in [4.78, 5) is 22.7. The Morgan fingerprint density at radius 3 is 2.70 bits per heavy atom. The Morgan fingerprint density at radius 1 is 1.50 bits per heavy atom. The number of thioether (sulfide) groups is 1. The summed E-state index contributed by atoms with van der Waals surface area (Å²) in [6, 6.07) is 5.14. The number of esters is 1. The van der Waals surface area contributed by atoms with E-state index in [-0.39, 0.29) is 22.0 Å². The molecule has 0 saturated heterocycles. The lowest BCUT2D eigenvalue weighted by molar-refractivity contribution is -0.385. The summed E-state index contributed by atoms with van der Waals surface area (Å²) in [6.45, 7) is 1.74. The second kappa shape index (κ2) is 5.83. The molecule has 1 aliphatic rings. The van der Waals surface area contributed by atoms with Gasteiger partial charge in [-0.05, 0) is 37.3 Å². The lowest BCUT2D eigenvalue weighted by atomic mass is 10.1. The van der Waals surface area contributed by atoms with Crippen molar-refractivity contribution >= 4 is 23.4 Å². The molecule has 6 heteroatoms. The number of carbonyl (C=O) groups excluding carboxylic acids is 1. The number of nitrogens with zero attached hydrogens (tertiary/aromatic N) is 1. The van der Waals surface area contributed by atoms with Gasteiger partial charge in [-0.3, -0.25) is 14.9 Å². The maximum absolute atomic E-state index is 11.3. The quantitative estimate of drug-likeness (QED) is 0.348. The van der Waals surface area contributed by atoms with E-state index in [1.807, 2.05) is 6.07 Å². The van der Waals surface area contributed by atoms with Crippen LogP contribution in [0.3, 0.4) is 0 Å². The van der Waals surface area contributed by atoms with Crippen molar-refractivity contribution in [2.24, 2.45) is 5.41 Å². The number of rotatable bonds is 6. The second-order valence-electron chi connectivity index (χ2n) is 5.25. The smallest absolute Gasteiger partial charge is 0.306 e. The molecule has 1 aliphatic carbocycles. The fourth-order valence-electron chi connectivity index (χ4n) is 2.09. The fraction of sp³-hybridized carbons (Fsp3) is 0.500. The Kier molecular flexibility index (Phi) is 4.32. The molecule has 0 atom stereocenters. The maximum atomic E-state index is 11.3. The van der Waals surface area contributed by atoms with Crippen LogP contribution >= 0.6 is 11.8 Å². The number of nitro benzene ring substituents is 1. The Morgan fingerprint density at radius 2 is 2.20 bits per heavy atom. The molecule has 0 radical (unpaired) electrons. The summed E-state index contributed by atoms with van der Waals surface area (Å²) < 4.78 is 4.72. The number of carbonyl (C=O) groups is 1. The molecule has 1 aromatic carbocycles. The first-order chi connectivity index (χ1) is 9.46. The third-order valence-electron chi connectivity index (χ3n) is 3.61. The SMILES string of the molecule is COC(=O)CC1(CSc2ccc([N+](=O)[O-])c(C)c2)CC1. The van der Waals surface area contributed by atoms with Gasteiger partial charge in [0.1, 0.15) is 0 Å². The van der Waals surface area contributed by atoms with Gasteiger partial charge in [0.15, 0.2) is 0 Å². The predicted octanol–water partition coefficient (Wildman–Crippen LogP) is 3.34. The average molecular weight is 295 g/mol. The van der Waals surface area contributed by atoms with Crippen molar-refractivity contribution in [2.75, 3.05) is 12.9 Å². The van der Waals surface area contributed by atoms with Crippen LogP contribution in [-0.2, 0) is 9.53 Å². The van der Waals surface area contributed by atoms with Crippen molar-refractivity contribution in [2.45, 2.75) is 31.1 Å². The third-order valence-corrected chi connectivity index (χ3v) is 4.96. The van der Waals surface area contributed by atoms with Gasteiger partial charge in [0.2, 0.25) is 0 Å². The molecule has 0 bridgehead atoms. The average Bonchev–Trinajstić information content (AvgIpc) is 3.16. The predicted molar refractivity (Wildman–Crippen MR) is 76.9 cm³/mol. The maximum Gasteiger partial charge on any atom is 0.306 e. The molecule has 0 amide bonds. The van der Waals surface area contributed by atoms with Crippen LogP contribution in [0.25, 0.3) is 0 Å². The van der Waals surface area contributed by atoms with E-state index in [0.717, 1.165) is 23.5 Å². The zero-order valence-electron chi connectivity index (χ0n) is 11.5. The number of benzene rings is 1. The Labute approximate surface area is 121 Å². The lowest BCUT2D eigenvalue weighted by Gasteiger charge is -2.13. The third kappa shape index (κ3) is 3.50. The van der Waals surface area contributed by atoms with Gasteiger partial charge < -0.3 is 4.74 Å². The Bertz CT molecular complexity index is 540. The van der Waals surface area contributed by atoms with Gasteiger partial charge in [-0.15, -0.1) is 11.8 Å². The van der Waals surface area contributed by atoms with Gasteiger partial charge in [-0.1, -0.05) is 0 Å². The molecule has 0 N–H and O–H groups in total. The number of ether oxygens (including phenoxy) is 1. The van der Waals surface area contributed by atoms with Gasteiger partial charge in [-0.2, -0.15) is 0 Å². The minimum absolute atomic E-state index is 0.0629. The van der Waals surface area contributed by atoms with E-state index in [1.165, 1.54) is 13.2 Å². The van der Waals surface area contributed by atoms with Crippen molar-refractivity contribution < 1.29 is 14.5 Å². The molecule has 0 aromatic heterocycles. The molecular weight excluding hydrogens is 278 g/mol. The Balaban J connectivity index is 1.96. The van der Waals surface area contributed by atoms with Crippen LogP contribution in [0.1, 0.15) is 24.8 Å². The van der Waals surface area contributed by atoms with Crippen LogP contribution in [0, 0.1) is 22.5 Å². The monoisotopic (exact) mass is 295 g/mol. The van der Waals surface area contributed by atoms with E-state index >= 15 is 0 Å². The fourth-order valence-corrected chi connectivity index (χ4v) is 3.37. The van der Waals surface area contributed by atoms with Crippen molar-refractivity contribution in [1.82, 2.24) is 0 Å². The molecule has 5 nitrogen and oxygen atoms in total. The number of hydrogen-bond donors (Lipinski definition) is 0. The van der Waals surface area contributed by atoms with Crippen LogP contribution in [0.15, 0.2) is 23.1 Å². The highest BCUT2D eigenvalue weighted by molar-refractivity contribution is 7.99. The zero-order valence-corrected chi connectivity index (χ0v) is 12.4. The van der Waals surface area contributed by atoms with E-state index < -0.39 is 0 Å². The highest BCUT2D eigenvalue weighted by Gasteiger charge is 2.44. The van der Waals surface area contributed by atoms with Crippen molar-refractivity contribution in [3.8, 4) is 0 Å². The molecule has 0 unspecified atom stereocenters. The molecular formula is C14H17NO4S. The number of methoxy groups -OCH3 is 1. The van der Waals surface area contributed by atoms with E-state index in [9.17, 15) is 14.9 Å². The van der Waals surface area contributed by atoms with Crippen molar-refractivity contribution in [3.63, 3.8) is 0 Å². The standard InChI is InChI=1S/C14H17NO4S/c1-10-7-11(3-4-12(10)15(17)18)20-9-14(5-6-14)8-13(16)19-2/h3-4,7H,5-6,8-9H2,1-2H3. The van der Waals surface area contributed by atoms with Crippen LogP contribution in [0.2, 0.25) is 0 Å². The normalized spacial score (nSPS) is 15.7. The molecule has 0 aliphatic heterocycles. The molecule has 20 heavy (non-hydrogen) atoms. The highest BCUT2D eigenvalue weighted by atomic mass is 32.2. The summed E-state index contributed by atoms with van der Waals surface area (Å²) >= 11 is 1.65. The highest BCUT2D eigenvalue weighted by Crippen LogP contribution is 2.52. The van der Waals surface area contributed by atoms with Crippen molar-refractivity contribution in [1.29, 1.82) is 0 Å². The van der Waals surface area contributed by atoms with Crippen LogP contribution in [0.5, 0.6) is 0 Å². The molecule has 0 heterocycles. The first-order valence-corrected chi connectivity index (χ1v) is 7.39. The van der Waals surface area contributed by atoms with E-state index in [1.54, 1.807) is 24.8 Å². The number of aryl methyl sites for hydroxylation is 1. The summed E-state index contributed by atoms with van der Waals surface area (Å²) in [5.74, 6) is 0.683. The van der Waals surface area contributed by atoms with Crippen LogP contribution < -0.4 is 0 Å². The van der Waals surface area contributed by atoms with Crippen LogP contribution in [-0.4, -0.2) is 23.8 Å². The van der Waals surface area contributed by atoms with Crippen molar-refractivity contribution in [3.05, 3.63) is 33.9 Å². The van der Waals surface area contributed by atoms with Gasteiger partial charge in [0, 0.05) is 22.3 Å². The second-order valence-corrected chi connectivity index (χ2v) is 6.30. The van der Waals surface area contributed by atoms with Gasteiger partial charge in [-0.25, -0.2) is 0 Å². The van der Waals surface area contributed by atoms with E-state index in [4.69, 9.17) is 4.74 Å². The van der Waals surface area contributed by atoms with E-state index in [0.29, 0.717) is 12.0 Å². The zero-order chi connectivity index (χ0) is 14.8. The number of hydrogen-bond acceptors (Lipinski definition) is 5. The molecule has 1 aromatic rings. The minimum atomic E-state index is -0.372. The van der Waals surface area contributed by atoms with Gasteiger partial charge in [0.25, 0.3) is 5.69 Å².